The van der Waals surface area contributed by atoms with Crippen LogP contribution in [0.1, 0.15) is 26.2 Å². The number of hydrogen-bond donors (Lipinski definition) is 0. The highest BCUT2D eigenvalue weighted by Crippen LogP contribution is 2.23. The first kappa shape index (κ1) is 10.9. The van der Waals surface area contributed by atoms with E-state index in [2.05, 4.69) is 0 Å². The number of piperidine rings is 1. The Hall–Kier alpha value is -1.18. The van der Waals surface area contributed by atoms with Crippen LogP contribution in [0.15, 0.2) is 0 Å². The highest BCUT2D eigenvalue weighted by molar-refractivity contribution is 5.83. The molecule has 78 valence electrons. The molecule has 1 saturated heterocycles. The predicted octanol–water partition coefficient (Wildman–Crippen LogP) is 1.55. The molecule has 1 aliphatic heterocycles. The van der Waals surface area contributed by atoms with Gasteiger partial charge >= 0.3 is 5.92 Å². The minimum Gasteiger partial charge on any atom is -0.321 e. The molecule has 14 heavy (non-hydrogen) atoms. The largest absolute Gasteiger partial charge is 0.322 e. The summed E-state index contributed by atoms with van der Waals surface area (Å²) >= 11 is 0. The van der Waals surface area contributed by atoms with E-state index in [1.54, 1.807) is 0 Å². The van der Waals surface area contributed by atoms with Crippen LogP contribution in [-0.4, -0.2) is 29.3 Å². The molecule has 1 unspecified atom stereocenters. The second-order valence-electron chi connectivity index (χ2n) is 3.53. The molecule has 0 radical (unpaired) electrons. The molecule has 0 saturated carbocycles. The summed E-state index contributed by atoms with van der Waals surface area (Å²) in [5.41, 5.74) is 0. The van der Waals surface area contributed by atoms with Crippen molar-refractivity contribution in [2.75, 3.05) is 6.54 Å². The first-order valence-electron chi connectivity index (χ1n) is 4.55. The van der Waals surface area contributed by atoms with Crippen LogP contribution in [0.3, 0.4) is 0 Å². The number of carbonyl (C=O) groups excluding carboxylic acids is 1. The molecule has 1 atom stereocenters. The molecule has 0 aliphatic carbocycles. The summed E-state index contributed by atoms with van der Waals surface area (Å²) in [5, 5.41) is 8.69. The third-order valence-corrected chi connectivity index (χ3v) is 2.29. The minimum absolute atomic E-state index is 0.264. The third kappa shape index (κ3) is 2.19. The van der Waals surface area contributed by atoms with Crippen LogP contribution in [0.5, 0.6) is 0 Å². The molecule has 3 nitrogen and oxygen atoms in total. The van der Waals surface area contributed by atoms with Gasteiger partial charge in [-0.25, -0.2) is 0 Å². The van der Waals surface area contributed by atoms with Crippen molar-refractivity contribution >= 4 is 5.91 Å². The summed E-state index contributed by atoms with van der Waals surface area (Å²) in [5.74, 6) is -4.60. The molecule has 0 aromatic heterocycles. The van der Waals surface area contributed by atoms with Crippen LogP contribution in [0, 0.1) is 11.3 Å². The van der Waals surface area contributed by atoms with Crippen LogP contribution < -0.4 is 0 Å². The fourth-order valence-corrected chi connectivity index (χ4v) is 1.56. The number of carbonyl (C=O) groups is 1. The maximum atomic E-state index is 12.7. The van der Waals surface area contributed by atoms with Crippen molar-refractivity contribution in [3.05, 3.63) is 0 Å². The monoisotopic (exact) mass is 202 g/mol. The summed E-state index contributed by atoms with van der Waals surface area (Å²) in [6.07, 6.45) is 2.01. The van der Waals surface area contributed by atoms with E-state index in [1.165, 1.54) is 0 Å². The molecule has 1 heterocycles. The summed E-state index contributed by atoms with van der Waals surface area (Å²) in [7, 11) is 0. The molecule has 0 spiro atoms. The van der Waals surface area contributed by atoms with E-state index in [4.69, 9.17) is 5.26 Å². The van der Waals surface area contributed by atoms with Gasteiger partial charge in [-0.15, -0.1) is 0 Å². The number of amides is 1. The zero-order valence-corrected chi connectivity index (χ0v) is 7.96. The fourth-order valence-electron chi connectivity index (χ4n) is 1.56. The highest BCUT2D eigenvalue weighted by atomic mass is 19.3. The number of nitrogens with zero attached hydrogens (tertiary/aromatic N) is 2. The molecule has 5 heteroatoms. The van der Waals surface area contributed by atoms with Gasteiger partial charge in [0, 0.05) is 13.5 Å². The lowest BCUT2D eigenvalue weighted by molar-refractivity contribution is -0.157. The van der Waals surface area contributed by atoms with E-state index in [0.29, 0.717) is 19.8 Å². The highest BCUT2D eigenvalue weighted by Gasteiger charge is 2.40. The molecule has 1 rings (SSSR count). The maximum absolute atomic E-state index is 12.7. The summed E-state index contributed by atoms with van der Waals surface area (Å²) in [6.45, 7) is 0.832. The average molecular weight is 202 g/mol. The van der Waals surface area contributed by atoms with Gasteiger partial charge in [0.1, 0.15) is 6.04 Å². The van der Waals surface area contributed by atoms with E-state index in [9.17, 15) is 13.6 Å². The Morgan fingerprint density at radius 3 is 2.71 bits per heavy atom. The Morgan fingerprint density at radius 1 is 1.57 bits per heavy atom. The van der Waals surface area contributed by atoms with Crippen LogP contribution >= 0.6 is 0 Å². The van der Waals surface area contributed by atoms with E-state index < -0.39 is 17.9 Å². The Labute approximate surface area is 81.3 Å². The van der Waals surface area contributed by atoms with E-state index in [-0.39, 0.29) is 6.54 Å². The second-order valence-corrected chi connectivity index (χ2v) is 3.53. The summed E-state index contributed by atoms with van der Waals surface area (Å²) in [4.78, 5) is 12.2. The number of likely N-dealkylation sites (tertiary alicyclic amines) is 1. The van der Waals surface area contributed by atoms with Gasteiger partial charge in [0.15, 0.2) is 0 Å². The van der Waals surface area contributed by atoms with E-state index in [1.807, 2.05) is 6.07 Å². The smallest absolute Gasteiger partial charge is 0.321 e. The first-order chi connectivity index (χ1) is 6.46. The average Bonchev–Trinajstić information content (AvgIpc) is 2.15. The number of rotatable bonds is 1. The lowest BCUT2D eigenvalue weighted by Crippen LogP contribution is -2.49. The van der Waals surface area contributed by atoms with E-state index in [0.717, 1.165) is 11.3 Å². The lowest BCUT2D eigenvalue weighted by Gasteiger charge is -2.32. The topological polar surface area (TPSA) is 44.1 Å². The molecular formula is C9H12F2N2O. The lowest BCUT2D eigenvalue weighted by atomic mass is 10.0. The molecule has 1 aliphatic rings. The zero-order chi connectivity index (χ0) is 10.8. The van der Waals surface area contributed by atoms with Gasteiger partial charge in [0.05, 0.1) is 6.07 Å². The Kier molecular flexibility index (Phi) is 3.04. The van der Waals surface area contributed by atoms with Gasteiger partial charge in [-0.05, 0) is 19.3 Å². The molecule has 1 fully saturated rings. The van der Waals surface area contributed by atoms with Gasteiger partial charge < -0.3 is 4.90 Å². The van der Waals surface area contributed by atoms with Crippen molar-refractivity contribution in [1.29, 1.82) is 5.26 Å². The first-order valence-corrected chi connectivity index (χ1v) is 4.55. The van der Waals surface area contributed by atoms with Gasteiger partial charge in [0.2, 0.25) is 0 Å². The quantitative estimate of drug-likeness (QED) is 0.647. The van der Waals surface area contributed by atoms with Crippen molar-refractivity contribution in [3.8, 4) is 6.07 Å². The maximum Gasteiger partial charge on any atom is 0.322 e. The van der Waals surface area contributed by atoms with Crippen LogP contribution in [0.2, 0.25) is 0 Å². The molecule has 0 bridgehead atoms. The second kappa shape index (κ2) is 3.91. The number of nitriles is 1. The SMILES string of the molecule is CC(F)(F)C(=O)N1CCCCC1C#N. The molecule has 0 N–H and O–H groups in total. The minimum atomic E-state index is -3.37. The van der Waals surface area contributed by atoms with Crippen molar-refractivity contribution in [2.45, 2.75) is 38.2 Å². The summed E-state index contributed by atoms with van der Waals surface area (Å²) < 4.78 is 25.4. The van der Waals surface area contributed by atoms with Gasteiger partial charge in [-0.2, -0.15) is 14.0 Å². The Balaban J connectivity index is 2.75. The van der Waals surface area contributed by atoms with E-state index >= 15 is 0 Å². The van der Waals surface area contributed by atoms with Gasteiger partial charge in [-0.1, -0.05) is 0 Å². The molecule has 0 aromatic rings. The van der Waals surface area contributed by atoms with Gasteiger partial charge in [-0.3, -0.25) is 4.79 Å². The molecular weight excluding hydrogens is 190 g/mol. The Morgan fingerprint density at radius 2 is 2.21 bits per heavy atom. The van der Waals surface area contributed by atoms with Crippen LogP contribution in [0.25, 0.3) is 0 Å². The predicted molar refractivity (Wildman–Crippen MR) is 45.6 cm³/mol. The van der Waals surface area contributed by atoms with Crippen molar-refractivity contribution in [1.82, 2.24) is 4.90 Å². The number of halogens is 2. The number of alkyl halides is 2. The van der Waals surface area contributed by atoms with Crippen molar-refractivity contribution in [2.24, 2.45) is 0 Å². The summed E-state index contributed by atoms with van der Waals surface area (Å²) in [6, 6.07) is 1.20. The van der Waals surface area contributed by atoms with Crippen molar-refractivity contribution < 1.29 is 13.6 Å². The Bertz CT molecular complexity index is 267. The zero-order valence-electron chi connectivity index (χ0n) is 7.96. The third-order valence-electron chi connectivity index (χ3n) is 2.29. The van der Waals surface area contributed by atoms with Crippen LogP contribution in [0.4, 0.5) is 8.78 Å². The normalized spacial score (nSPS) is 23.0. The van der Waals surface area contributed by atoms with Gasteiger partial charge in [0.25, 0.3) is 5.91 Å². The molecule has 1 amide bonds. The fraction of sp³-hybridized carbons (Fsp3) is 0.778. The van der Waals surface area contributed by atoms with Crippen molar-refractivity contribution in [3.63, 3.8) is 0 Å². The molecule has 0 aromatic carbocycles. The number of hydrogen-bond acceptors (Lipinski definition) is 2. The standard InChI is InChI=1S/C9H12F2N2O/c1-9(10,11)8(14)13-5-3-2-4-7(13)6-12/h7H,2-5H2,1H3. The van der Waals surface area contributed by atoms with Crippen LogP contribution in [-0.2, 0) is 4.79 Å².